The van der Waals surface area contributed by atoms with Crippen molar-refractivity contribution in [1.29, 1.82) is 0 Å². The fourth-order valence-corrected chi connectivity index (χ4v) is 3.67. The second-order valence-corrected chi connectivity index (χ2v) is 7.62. The van der Waals surface area contributed by atoms with Crippen LogP contribution in [0.2, 0.25) is 0 Å². The van der Waals surface area contributed by atoms with Crippen LogP contribution in [-0.4, -0.2) is 39.9 Å². The van der Waals surface area contributed by atoms with E-state index in [0.717, 1.165) is 29.2 Å². The third-order valence-corrected chi connectivity index (χ3v) is 5.40. The lowest BCUT2D eigenvalue weighted by atomic mass is 9.79. The lowest BCUT2D eigenvalue weighted by molar-refractivity contribution is -0.133. The molecule has 122 valence electrons. The third-order valence-electron chi connectivity index (χ3n) is 4.46. The molecule has 0 radical (unpaired) electrons. The summed E-state index contributed by atoms with van der Waals surface area (Å²) in [4.78, 5) is 23.1. The Bertz CT molecular complexity index is 683. The Labute approximate surface area is 140 Å². The number of nitrogens with two attached hydrogens (primary N) is 1. The number of rotatable bonds is 3. The van der Waals surface area contributed by atoms with Gasteiger partial charge in [-0.2, -0.15) is 0 Å². The number of pyridine rings is 1. The first kappa shape index (κ1) is 16.1. The van der Waals surface area contributed by atoms with Gasteiger partial charge in [0.1, 0.15) is 5.01 Å². The highest BCUT2D eigenvalue weighted by atomic mass is 32.1. The Hall–Kier alpha value is -1.79. The molecule has 1 unspecified atom stereocenters. The number of nitrogens with zero attached hydrogens (tertiary/aromatic N) is 3. The molecule has 3 rings (SSSR count). The molecule has 1 amide bonds. The van der Waals surface area contributed by atoms with Crippen molar-refractivity contribution < 1.29 is 4.79 Å². The molecule has 2 N–H and O–H groups in total. The normalized spacial score (nSPS) is 20.5. The predicted molar refractivity (Wildman–Crippen MR) is 92.0 cm³/mol. The fourth-order valence-electron chi connectivity index (χ4n) is 2.86. The van der Waals surface area contributed by atoms with Gasteiger partial charge in [-0.15, -0.1) is 11.3 Å². The molecule has 2 aromatic heterocycles. The molecule has 1 atom stereocenters. The summed E-state index contributed by atoms with van der Waals surface area (Å²) in [7, 11) is 0. The van der Waals surface area contributed by atoms with Crippen molar-refractivity contribution in [3.05, 3.63) is 35.6 Å². The maximum absolute atomic E-state index is 12.5. The Morgan fingerprint density at radius 1 is 1.52 bits per heavy atom. The molecule has 0 saturated carbocycles. The molecule has 0 aromatic carbocycles. The van der Waals surface area contributed by atoms with Crippen molar-refractivity contribution in [1.82, 2.24) is 14.9 Å². The number of piperidine rings is 1. The molecule has 1 aliphatic rings. The largest absolute Gasteiger partial charge is 0.342 e. The van der Waals surface area contributed by atoms with Crippen LogP contribution >= 0.6 is 11.3 Å². The van der Waals surface area contributed by atoms with Gasteiger partial charge in [0.15, 0.2) is 0 Å². The van der Waals surface area contributed by atoms with Gasteiger partial charge in [0.25, 0.3) is 0 Å². The number of amides is 1. The van der Waals surface area contributed by atoms with Gasteiger partial charge in [0.05, 0.1) is 12.1 Å². The molecule has 1 saturated heterocycles. The summed E-state index contributed by atoms with van der Waals surface area (Å²) in [6.07, 6.45) is 4.74. The summed E-state index contributed by atoms with van der Waals surface area (Å²) in [5, 5.41) is 2.86. The maximum atomic E-state index is 12.5. The summed E-state index contributed by atoms with van der Waals surface area (Å²) < 4.78 is 0. The number of hydrogen-bond acceptors (Lipinski definition) is 5. The van der Waals surface area contributed by atoms with E-state index in [1.54, 1.807) is 23.7 Å². The second-order valence-electron chi connectivity index (χ2n) is 6.76. The van der Waals surface area contributed by atoms with E-state index in [9.17, 15) is 4.79 Å². The van der Waals surface area contributed by atoms with Crippen LogP contribution in [0, 0.1) is 5.41 Å². The van der Waals surface area contributed by atoms with Crippen molar-refractivity contribution in [3.8, 4) is 10.6 Å². The third kappa shape index (κ3) is 3.59. The number of likely N-dealkylation sites (tertiary alicyclic amines) is 1. The smallest absolute Gasteiger partial charge is 0.228 e. The standard InChI is InChI=1S/C17H22N4OS/c1-17(2)11-21(7-5-14(17)18)15(22)8-13-10-23-16(20-13)12-4-3-6-19-9-12/h3-4,6,9-10,14H,5,7-8,11,18H2,1-2H3. The van der Waals surface area contributed by atoms with E-state index in [1.807, 2.05) is 22.4 Å². The van der Waals surface area contributed by atoms with Crippen molar-refractivity contribution in [3.63, 3.8) is 0 Å². The monoisotopic (exact) mass is 330 g/mol. The zero-order chi connectivity index (χ0) is 16.4. The minimum Gasteiger partial charge on any atom is -0.342 e. The highest BCUT2D eigenvalue weighted by Crippen LogP contribution is 2.28. The summed E-state index contributed by atoms with van der Waals surface area (Å²) >= 11 is 1.55. The molecule has 6 heteroatoms. The minimum atomic E-state index is -0.0309. The molecule has 0 bridgehead atoms. The van der Waals surface area contributed by atoms with Crippen LogP contribution in [-0.2, 0) is 11.2 Å². The van der Waals surface area contributed by atoms with E-state index in [1.165, 1.54) is 0 Å². The second kappa shape index (κ2) is 6.37. The van der Waals surface area contributed by atoms with Gasteiger partial charge < -0.3 is 10.6 Å². The van der Waals surface area contributed by atoms with Crippen LogP contribution in [0.1, 0.15) is 26.0 Å². The van der Waals surface area contributed by atoms with E-state index >= 15 is 0 Å². The van der Waals surface area contributed by atoms with Crippen molar-refractivity contribution in [2.45, 2.75) is 32.7 Å². The number of carbonyl (C=O) groups excluding carboxylic acids is 1. The first-order valence-corrected chi connectivity index (χ1v) is 8.72. The van der Waals surface area contributed by atoms with Gasteiger partial charge in [0.2, 0.25) is 5.91 Å². The van der Waals surface area contributed by atoms with Crippen LogP contribution < -0.4 is 5.73 Å². The van der Waals surface area contributed by atoms with E-state index in [0.29, 0.717) is 13.0 Å². The van der Waals surface area contributed by atoms with Gasteiger partial charge in [-0.05, 0) is 24.0 Å². The van der Waals surface area contributed by atoms with Gasteiger partial charge >= 0.3 is 0 Å². The highest BCUT2D eigenvalue weighted by molar-refractivity contribution is 7.13. The summed E-state index contributed by atoms with van der Waals surface area (Å²) in [5.41, 5.74) is 7.92. The number of aromatic nitrogens is 2. The summed E-state index contributed by atoms with van der Waals surface area (Å²) in [5.74, 6) is 0.132. The molecular weight excluding hydrogens is 308 g/mol. The van der Waals surface area contributed by atoms with Gasteiger partial charge in [-0.25, -0.2) is 4.98 Å². The zero-order valence-corrected chi connectivity index (χ0v) is 14.3. The Balaban J connectivity index is 1.66. The van der Waals surface area contributed by atoms with Crippen LogP contribution in [0.15, 0.2) is 29.9 Å². The van der Waals surface area contributed by atoms with Crippen LogP contribution in [0.25, 0.3) is 10.6 Å². The van der Waals surface area contributed by atoms with Gasteiger partial charge in [-0.3, -0.25) is 9.78 Å². The Morgan fingerprint density at radius 3 is 3.04 bits per heavy atom. The van der Waals surface area contributed by atoms with Crippen molar-refractivity contribution in [2.75, 3.05) is 13.1 Å². The Kier molecular flexibility index (Phi) is 4.46. The highest BCUT2D eigenvalue weighted by Gasteiger charge is 2.35. The number of hydrogen-bond donors (Lipinski definition) is 1. The number of carbonyl (C=O) groups is 1. The predicted octanol–water partition coefficient (Wildman–Crippen LogP) is 2.33. The first-order chi connectivity index (χ1) is 11.0. The average molecular weight is 330 g/mol. The van der Waals surface area contributed by atoms with Crippen LogP contribution in [0.4, 0.5) is 0 Å². The van der Waals surface area contributed by atoms with Crippen molar-refractivity contribution in [2.24, 2.45) is 11.1 Å². The van der Waals surface area contributed by atoms with Gasteiger partial charge in [0, 0.05) is 42.5 Å². The topological polar surface area (TPSA) is 72.1 Å². The minimum absolute atomic E-state index is 0.0309. The van der Waals surface area contributed by atoms with E-state index < -0.39 is 0 Å². The lowest BCUT2D eigenvalue weighted by Crippen LogP contribution is -2.54. The van der Waals surface area contributed by atoms with Crippen LogP contribution in [0.5, 0.6) is 0 Å². The molecule has 1 aliphatic heterocycles. The van der Waals surface area contributed by atoms with E-state index in [4.69, 9.17) is 5.73 Å². The maximum Gasteiger partial charge on any atom is 0.228 e. The molecule has 23 heavy (non-hydrogen) atoms. The van der Waals surface area contributed by atoms with Crippen molar-refractivity contribution >= 4 is 17.2 Å². The zero-order valence-electron chi connectivity index (χ0n) is 13.5. The van der Waals surface area contributed by atoms with E-state index in [2.05, 4.69) is 23.8 Å². The van der Waals surface area contributed by atoms with Gasteiger partial charge in [-0.1, -0.05) is 13.8 Å². The first-order valence-electron chi connectivity index (χ1n) is 7.84. The molecule has 1 fully saturated rings. The molecule has 0 spiro atoms. The van der Waals surface area contributed by atoms with Crippen LogP contribution in [0.3, 0.4) is 0 Å². The summed E-state index contributed by atoms with van der Waals surface area (Å²) in [6.45, 7) is 5.70. The lowest BCUT2D eigenvalue weighted by Gasteiger charge is -2.42. The molecule has 0 aliphatic carbocycles. The SMILES string of the molecule is CC1(C)CN(C(=O)Cc2csc(-c3cccnc3)n2)CCC1N. The fraction of sp³-hybridized carbons (Fsp3) is 0.471. The molecule has 3 heterocycles. The molecule has 5 nitrogen and oxygen atoms in total. The molecular formula is C17H22N4OS. The average Bonchev–Trinajstić information content (AvgIpc) is 2.99. The quantitative estimate of drug-likeness (QED) is 0.937. The Morgan fingerprint density at radius 2 is 2.35 bits per heavy atom. The van der Waals surface area contributed by atoms with E-state index in [-0.39, 0.29) is 17.4 Å². The number of thiazole rings is 1. The summed E-state index contributed by atoms with van der Waals surface area (Å²) in [6, 6.07) is 4.02. The molecule has 2 aromatic rings.